The van der Waals surface area contributed by atoms with Crippen molar-refractivity contribution < 1.29 is 9.53 Å². The molecule has 0 aliphatic carbocycles. The first-order valence-corrected chi connectivity index (χ1v) is 8.11. The lowest BCUT2D eigenvalue weighted by Crippen LogP contribution is -2.09. The van der Waals surface area contributed by atoms with Crippen LogP contribution in [0.25, 0.3) is 10.9 Å². The molecular formula is C18H15Cl2NO2. The van der Waals surface area contributed by atoms with E-state index in [2.05, 4.69) is 4.98 Å². The Morgan fingerprint density at radius 2 is 1.87 bits per heavy atom. The Balaban J connectivity index is 2.20. The second kappa shape index (κ2) is 6.65. The topological polar surface area (TPSA) is 42.1 Å². The lowest BCUT2D eigenvalue weighted by Gasteiger charge is -2.13. The van der Waals surface area contributed by atoms with Crippen LogP contribution in [0.15, 0.2) is 48.5 Å². The minimum atomic E-state index is -0.556. The maximum Gasteiger partial charge on any atom is 0.355 e. The van der Waals surface area contributed by atoms with Crippen molar-refractivity contribution in [2.45, 2.75) is 12.3 Å². The Morgan fingerprint density at radius 1 is 1.17 bits per heavy atom. The van der Waals surface area contributed by atoms with E-state index in [0.717, 1.165) is 16.5 Å². The van der Waals surface area contributed by atoms with Crippen LogP contribution >= 0.6 is 23.2 Å². The molecule has 1 heterocycles. The van der Waals surface area contributed by atoms with Gasteiger partial charge in [0.2, 0.25) is 0 Å². The summed E-state index contributed by atoms with van der Waals surface area (Å²) >= 11 is 13.0. The third kappa shape index (κ3) is 2.94. The maximum atomic E-state index is 12.3. The number of fused-ring (bicyclic) bond motifs is 1. The molecule has 0 radical (unpaired) electrons. The number of benzene rings is 2. The predicted octanol–water partition coefficient (Wildman–Crippen LogP) is 5.33. The van der Waals surface area contributed by atoms with E-state index in [4.69, 9.17) is 27.9 Å². The molecule has 0 amide bonds. The SMILES string of the molecule is CCOC(=O)c1[nH]c2ccccc2c1C(Cl)c1ccccc1Cl. The Bertz CT molecular complexity index is 857. The van der Waals surface area contributed by atoms with E-state index >= 15 is 0 Å². The van der Waals surface area contributed by atoms with Gasteiger partial charge >= 0.3 is 5.97 Å². The number of esters is 1. The normalized spacial score (nSPS) is 12.3. The Kier molecular flexibility index (Phi) is 4.60. The molecule has 3 nitrogen and oxygen atoms in total. The number of H-pyrrole nitrogens is 1. The first-order chi connectivity index (χ1) is 11.1. The van der Waals surface area contributed by atoms with Gasteiger partial charge in [0.25, 0.3) is 0 Å². The molecule has 0 fully saturated rings. The number of aromatic amines is 1. The fraction of sp³-hybridized carbons (Fsp3) is 0.167. The summed E-state index contributed by atoms with van der Waals surface area (Å²) in [5, 5.41) is 0.891. The molecule has 0 bridgehead atoms. The highest BCUT2D eigenvalue weighted by Gasteiger charge is 2.26. The molecule has 0 aliphatic heterocycles. The van der Waals surface area contributed by atoms with Crippen LogP contribution in [0.2, 0.25) is 5.02 Å². The van der Waals surface area contributed by atoms with E-state index in [1.54, 1.807) is 13.0 Å². The molecule has 118 valence electrons. The quantitative estimate of drug-likeness (QED) is 0.512. The van der Waals surface area contributed by atoms with E-state index < -0.39 is 11.3 Å². The van der Waals surface area contributed by atoms with E-state index in [0.29, 0.717) is 22.9 Å². The molecule has 0 saturated carbocycles. The molecule has 1 N–H and O–H groups in total. The number of carbonyl (C=O) groups excluding carboxylic acids is 1. The largest absolute Gasteiger partial charge is 0.461 e. The van der Waals surface area contributed by atoms with Crippen LogP contribution in [0.3, 0.4) is 0 Å². The number of rotatable bonds is 4. The second-order valence-electron chi connectivity index (χ2n) is 5.06. The van der Waals surface area contributed by atoms with Gasteiger partial charge in [-0.2, -0.15) is 0 Å². The molecule has 1 atom stereocenters. The van der Waals surface area contributed by atoms with Crippen molar-refractivity contribution in [1.82, 2.24) is 4.98 Å². The Hall–Kier alpha value is -1.97. The van der Waals surface area contributed by atoms with Crippen molar-refractivity contribution in [2.75, 3.05) is 6.61 Å². The van der Waals surface area contributed by atoms with Gasteiger partial charge in [0.1, 0.15) is 5.69 Å². The van der Waals surface area contributed by atoms with Crippen molar-refractivity contribution >= 4 is 40.1 Å². The number of para-hydroxylation sites is 1. The molecule has 5 heteroatoms. The van der Waals surface area contributed by atoms with E-state index in [1.807, 2.05) is 42.5 Å². The van der Waals surface area contributed by atoms with Crippen LogP contribution in [0.5, 0.6) is 0 Å². The van der Waals surface area contributed by atoms with Gasteiger partial charge in [0, 0.05) is 21.5 Å². The standard InChI is InChI=1S/C18H15Cl2NO2/c1-2-23-18(22)17-15(12-8-4-6-10-14(12)21-17)16(20)11-7-3-5-9-13(11)19/h3-10,16,21H,2H2,1H3. The molecule has 0 aliphatic rings. The number of alkyl halides is 1. The second-order valence-corrected chi connectivity index (χ2v) is 5.91. The van der Waals surface area contributed by atoms with Gasteiger partial charge in [0.15, 0.2) is 0 Å². The van der Waals surface area contributed by atoms with Crippen LogP contribution in [0.1, 0.15) is 33.9 Å². The smallest absolute Gasteiger partial charge is 0.355 e. The average molecular weight is 348 g/mol. The molecule has 23 heavy (non-hydrogen) atoms. The lowest BCUT2D eigenvalue weighted by atomic mass is 10.0. The minimum Gasteiger partial charge on any atom is -0.461 e. The minimum absolute atomic E-state index is 0.298. The highest BCUT2D eigenvalue weighted by molar-refractivity contribution is 6.33. The summed E-state index contributed by atoms with van der Waals surface area (Å²) in [7, 11) is 0. The summed E-state index contributed by atoms with van der Waals surface area (Å²) in [4.78, 5) is 15.4. The molecule has 1 unspecified atom stereocenters. The molecule has 1 aromatic heterocycles. The van der Waals surface area contributed by atoms with Crippen LogP contribution in [0, 0.1) is 0 Å². The van der Waals surface area contributed by atoms with E-state index in [-0.39, 0.29) is 0 Å². The highest BCUT2D eigenvalue weighted by atomic mass is 35.5. The number of ether oxygens (including phenoxy) is 1. The first-order valence-electron chi connectivity index (χ1n) is 7.29. The molecule has 3 rings (SSSR count). The lowest BCUT2D eigenvalue weighted by molar-refractivity contribution is 0.0519. The third-order valence-corrected chi connectivity index (χ3v) is 4.46. The van der Waals surface area contributed by atoms with Crippen LogP contribution in [0.4, 0.5) is 0 Å². The summed E-state index contributed by atoms with van der Waals surface area (Å²) in [6, 6.07) is 15.0. The van der Waals surface area contributed by atoms with Gasteiger partial charge in [-0.05, 0) is 24.6 Å². The van der Waals surface area contributed by atoms with Gasteiger partial charge in [-0.1, -0.05) is 48.0 Å². The number of carbonyl (C=O) groups is 1. The summed E-state index contributed by atoms with van der Waals surface area (Å²) in [5.74, 6) is -0.420. The zero-order valence-corrected chi connectivity index (χ0v) is 14.0. The fourth-order valence-electron chi connectivity index (χ4n) is 2.63. The predicted molar refractivity (Wildman–Crippen MR) is 93.4 cm³/mol. The van der Waals surface area contributed by atoms with Crippen molar-refractivity contribution in [1.29, 1.82) is 0 Å². The highest BCUT2D eigenvalue weighted by Crippen LogP contribution is 2.39. The summed E-state index contributed by atoms with van der Waals surface area (Å²) < 4.78 is 5.15. The maximum absolute atomic E-state index is 12.3. The molecular weight excluding hydrogens is 333 g/mol. The summed E-state index contributed by atoms with van der Waals surface area (Å²) in [6.45, 7) is 2.07. The van der Waals surface area contributed by atoms with Crippen LogP contribution in [-0.2, 0) is 4.74 Å². The van der Waals surface area contributed by atoms with Crippen molar-refractivity contribution in [3.8, 4) is 0 Å². The average Bonchev–Trinajstić information content (AvgIpc) is 2.94. The van der Waals surface area contributed by atoms with Crippen LogP contribution in [-0.4, -0.2) is 17.6 Å². The Labute approximate surface area is 144 Å². The van der Waals surface area contributed by atoms with E-state index in [9.17, 15) is 4.79 Å². The van der Waals surface area contributed by atoms with Crippen molar-refractivity contribution in [2.24, 2.45) is 0 Å². The number of halogens is 2. The molecule has 3 aromatic rings. The number of hydrogen-bond acceptors (Lipinski definition) is 2. The zero-order chi connectivity index (χ0) is 16.4. The molecule has 2 aromatic carbocycles. The monoisotopic (exact) mass is 347 g/mol. The van der Waals surface area contributed by atoms with Gasteiger partial charge in [0.05, 0.1) is 12.0 Å². The first kappa shape index (κ1) is 15.9. The molecule has 0 spiro atoms. The zero-order valence-electron chi connectivity index (χ0n) is 12.5. The number of nitrogens with one attached hydrogen (secondary N) is 1. The van der Waals surface area contributed by atoms with E-state index in [1.165, 1.54) is 0 Å². The summed E-state index contributed by atoms with van der Waals surface area (Å²) in [6.07, 6.45) is 0. The fourth-order valence-corrected chi connectivity index (χ4v) is 3.34. The van der Waals surface area contributed by atoms with Crippen molar-refractivity contribution in [3.05, 3.63) is 70.4 Å². The molecule has 0 saturated heterocycles. The van der Waals surface area contributed by atoms with Gasteiger partial charge in [-0.3, -0.25) is 0 Å². The van der Waals surface area contributed by atoms with Gasteiger partial charge in [-0.25, -0.2) is 4.79 Å². The van der Waals surface area contributed by atoms with Crippen LogP contribution < -0.4 is 0 Å². The summed E-state index contributed by atoms with van der Waals surface area (Å²) in [5.41, 5.74) is 2.65. The number of aromatic nitrogens is 1. The third-order valence-electron chi connectivity index (χ3n) is 3.66. The Morgan fingerprint density at radius 3 is 2.61 bits per heavy atom. The van der Waals surface area contributed by atoms with Crippen molar-refractivity contribution in [3.63, 3.8) is 0 Å². The number of hydrogen-bond donors (Lipinski definition) is 1. The van der Waals surface area contributed by atoms with Gasteiger partial charge < -0.3 is 9.72 Å². The van der Waals surface area contributed by atoms with Gasteiger partial charge in [-0.15, -0.1) is 11.6 Å².